The van der Waals surface area contributed by atoms with E-state index in [-0.39, 0.29) is 18.5 Å². The topological polar surface area (TPSA) is 77.2 Å². The molecule has 0 aliphatic rings. The molecule has 0 radical (unpaired) electrons. The smallest absolute Gasteiger partial charge is 0.322 e. The molecule has 6 nitrogen and oxygen atoms in total. The van der Waals surface area contributed by atoms with Crippen LogP contribution in [0.2, 0.25) is 0 Å². The molecule has 25 heavy (non-hydrogen) atoms. The Bertz CT molecular complexity index is 862. The van der Waals surface area contributed by atoms with Crippen molar-refractivity contribution in [1.82, 2.24) is 10.2 Å². The third kappa shape index (κ3) is 4.39. The number of carbonyl (C=O) groups is 1. The number of nitrogens with zero attached hydrogens (tertiary/aromatic N) is 2. The van der Waals surface area contributed by atoms with Crippen molar-refractivity contribution in [2.75, 3.05) is 18.2 Å². The highest BCUT2D eigenvalue weighted by Crippen LogP contribution is 2.23. The summed E-state index contributed by atoms with van der Waals surface area (Å²) in [7, 11) is 0. The van der Waals surface area contributed by atoms with Crippen LogP contribution in [0.1, 0.15) is 5.56 Å². The van der Waals surface area contributed by atoms with E-state index in [1.807, 2.05) is 61.7 Å². The van der Waals surface area contributed by atoms with E-state index in [0.29, 0.717) is 11.6 Å². The van der Waals surface area contributed by atoms with E-state index in [2.05, 4.69) is 15.5 Å². The maximum absolute atomic E-state index is 12.0. The Balaban J connectivity index is 1.59. The molecule has 0 aliphatic heterocycles. The van der Waals surface area contributed by atoms with Crippen molar-refractivity contribution in [3.05, 3.63) is 54.1 Å². The molecular weight excluding hydrogens is 338 g/mol. The molecule has 0 saturated heterocycles. The van der Waals surface area contributed by atoms with Gasteiger partial charge in [-0.2, -0.15) is 0 Å². The third-order valence-corrected chi connectivity index (χ3v) is 4.20. The summed E-state index contributed by atoms with van der Waals surface area (Å²) in [6, 6.07) is 15.3. The second kappa shape index (κ2) is 7.85. The summed E-state index contributed by atoms with van der Waals surface area (Å²) >= 11 is 1.65. The van der Waals surface area contributed by atoms with E-state index in [9.17, 15) is 4.79 Å². The highest BCUT2D eigenvalue weighted by molar-refractivity contribution is 7.98. The highest BCUT2D eigenvalue weighted by atomic mass is 32.2. The number of anilines is 1. The average molecular weight is 355 g/mol. The Morgan fingerprint density at radius 3 is 2.64 bits per heavy atom. The third-order valence-electron chi connectivity index (χ3n) is 3.46. The molecule has 0 saturated carbocycles. The number of hydrogen-bond donors (Lipinski definition) is 1. The SMILES string of the molecule is CSc1ccc(-c2nnc(NC(=O)COc3ccccc3C)o2)cc1. The summed E-state index contributed by atoms with van der Waals surface area (Å²) in [4.78, 5) is 13.1. The van der Waals surface area contributed by atoms with Gasteiger partial charge in [-0.25, -0.2) is 0 Å². The second-order valence-corrected chi connectivity index (χ2v) is 6.12. The monoisotopic (exact) mass is 355 g/mol. The molecule has 0 bridgehead atoms. The van der Waals surface area contributed by atoms with Crippen LogP contribution in [0.4, 0.5) is 6.01 Å². The number of aryl methyl sites for hydroxylation is 1. The fraction of sp³-hybridized carbons (Fsp3) is 0.167. The summed E-state index contributed by atoms with van der Waals surface area (Å²) in [6.45, 7) is 1.78. The van der Waals surface area contributed by atoms with Gasteiger partial charge in [-0.15, -0.1) is 16.9 Å². The summed E-state index contributed by atoms with van der Waals surface area (Å²) in [5, 5.41) is 10.3. The van der Waals surface area contributed by atoms with Crippen molar-refractivity contribution in [2.45, 2.75) is 11.8 Å². The predicted octanol–water partition coefficient (Wildman–Crippen LogP) is 3.78. The molecule has 2 aromatic carbocycles. The Morgan fingerprint density at radius 1 is 1.16 bits per heavy atom. The average Bonchev–Trinajstić information content (AvgIpc) is 3.09. The van der Waals surface area contributed by atoms with Gasteiger partial charge in [-0.05, 0) is 49.1 Å². The van der Waals surface area contributed by atoms with Crippen LogP contribution in [-0.2, 0) is 4.79 Å². The maximum atomic E-state index is 12.0. The molecule has 0 spiro atoms. The molecule has 0 atom stereocenters. The van der Waals surface area contributed by atoms with E-state index in [0.717, 1.165) is 16.0 Å². The molecule has 1 N–H and O–H groups in total. The largest absolute Gasteiger partial charge is 0.483 e. The first-order chi connectivity index (χ1) is 12.2. The molecule has 7 heteroatoms. The van der Waals surface area contributed by atoms with Crippen LogP contribution in [0.3, 0.4) is 0 Å². The normalized spacial score (nSPS) is 10.5. The van der Waals surface area contributed by atoms with Crippen LogP contribution in [0.5, 0.6) is 5.75 Å². The summed E-state index contributed by atoms with van der Waals surface area (Å²) in [5.41, 5.74) is 1.76. The van der Waals surface area contributed by atoms with Crippen molar-refractivity contribution in [2.24, 2.45) is 0 Å². The molecule has 1 amide bonds. The highest BCUT2D eigenvalue weighted by Gasteiger charge is 2.12. The fourth-order valence-corrected chi connectivity index (χ4v) is 2.55. The molecule has 0 unspecified atom stereocenters. The zero-order valence-corrected chi connectivity index (χ0v) is 14.7. The molecule has 0 aliphatic carbocycles. The van der Waals surface area contributed by atoms with Crippen LogP contribution in [0.15, 0.2) is 57.8 Å². The number of carbonyl (C=O) groups excluding carboxylic acids is 1. The first kappa shape index (κ1) is 17.0. The number of hydrogen-bond acceptors (Lipinski definition) is 6. The van der Waals surface area contributed by atoms with Gasteiger partial charge in [0.15, 0.2) is 6.61 Å². The van der Waals surface area contributed by atoms with Gasteiger partial charge in [0.25, 0.3) is 5.91 Å². The van der Waals surface area contributed by atoms with Crippen molar-refractivity contribution >= 4 is 23.7 Å². The van der Waals surface area contributed by atoms with Crippen molar-refractivity contribution in [3.63, 3.8) is 0 Å². The lowest BCUT2D eigenvalue weighted by Gasteiger charge is -2.07. The molecule has 3 rings (SSSR count). The van der Waals surface area contributed by atoms with E-state index in [4.69, 9.17) is 9.15 Å². The number of thioether (sulfide) groups is 1. The van der Waals surface area contributed by atoms with Gasteiger partial charge in [0.2, 0.25) is 5.89 Å². The molecule has 1 heterocycles. The lowest BCUT2D eigenvalue weighted by molar-refractivity contribution is -0.118. The fourth-order valence-electron chi connectivity index (χ4n) is 2.14. The number of rotatable bonds is 6. The van der Waals surface area contributed by atoms with Gasteiger partial charge in [0, 0.05) is 10.5 Å². The van der Waals surface area contributed by atoms with Gasteiger partial charge in [0.05, 0.1) is 0 Å². The predicted molar refractivity (Wildman–Crippen MR) is 96.8 cm³/mol. The summed E-state index contributed by atoms with van der Waals surface area (Å²) in [6.07, 6.45) is 2.01. The van der Waals surface area contributed by atoms with Crippen molar-refractivity contribution in [3.8, 4) is 17.2 Å². The second-order valence-electron chi connectivity index (χ2n) is 5.24. The first-order valence-corrected chi connectivity index (χ1v) is 8.84. The van der Waals surface area contributed by atoms with Crippen LogP contribution >= 0.6 is 11.8 Å². The lowest BCUT2D eigenvalue weighted by Crippen LogP contribution is -2.20. The maximum Gasteiger partial charge on any atom is 0.322 e. The standard InChI is InChI=1S/C18H17N3O3S/c1-12-5-3-4-6-15(12)23-11-16(22)19-18-21-20-17(24-18)13-7-9-14(25-2)10-8-13/h3-10H,11H2,1-2H3,(H,19,21,22). The molecular formula is C18H17N3O3S. The number of ether oxygens (including phenoxy) is 1. The summed E-state index contributed by atoms with van der Waals surface area (Å²) in [5.74, 6) is 0.650. The van der Waals surface area contributed by atoms with Gasteiger partial charge >= 0.3 is 6.01 Å². The number of nitrogens with one attached hydrogen (secondary N) is 1. The van der Waals surface area contributed by atoms with Crippen LogP contribution in [0, 0.1) is 6.92 Å². The van der Waals surface area contributed by atoms with E-state index in [1.165, 1.54) is 0 Å². The molecule has 1 aromatic heterocycles. The Kier molecular flexibility index (Phi) is 5.35. The zero-order chi connectivity index (χ0) is 17.6. The van der Waals surface area contributed by atoms with E-state index < -0.39 is 0 Å². The van der Waals surface area contributed by atoms with Gasteiger partial charge < -0.3 is 9.15 Å². The van der Waals surface area contributed by atoms with Crippen LogP contribution < -0.4 is 10.1 Å². The number of amides is 1. The van der Waals surface area contributed by atoms with Crippen LogP contribution in [0.25, 0.3) is 11.5 Å². The van der Waals surface area contributed by atoms with Crippen molar-refractivity contribution < 1.29 is 13.9 Å². The minimum atomic E-state index is -0.365. The van der Waals surface area contributed by atoms with Gasteiger partial charge in [-0.3, -0.25) is 10.1 Å². The summed E-state index contributed by atoms with van der Waals surface area (Å²) < 4.78 is 11.0. The van der Waals surface area contributed by atoms with Crippen LogP contribution in [-0.4, -0.2) is 29.0 Å². The minimum Gasteiger partial charge on any atom is -0.483 e. The Labute approximate surface area is 149 Å². The lowest BCUT2D eigenvalue weighted by atomic mass is 10.2. The van der Waals surface area contributed by atoms with E-state index >= 15 is 0 Å². The molecule has 0 fully saturated rings. The van der Waals surface area contributed by atoms with Crippen molar-refractivity contribution in [1.29, 1.82) is 0 Å². The molecule has 128 valence electrons. The Morgan fingerprint density at radius 2 is 1.92 bits per heavy atom. The van der Waals surface area contributed by atoms with E-state index in [1.54, 1.807) is 11.8 Å². The quantitative estimate of drug-likeness (QED) is 0.678. The first-order valence-electron chi connectivity index (χ1n) is 7.62. The number of aromatic nitrogens is 2. The number of para-hydroxylation sites is 1. The Hall–Kier alpha value is -2.80. The van der Waals surface area contributed by atoms with Gasteiger partial charge in [-0.1, -0.05) is 23.3 Å². The minimum absolute atomic E-state index is 0.0438. The van der Waals surface area contributed by atoms with Gasteiger partial charge in [0.1, 0.15) is 5.75 Å². The zero-order valence-electron chi connectivity index (χ0n) is 13.9. The molecule has 3 aromatic rings. The number of benzene rings is 2.